The molecule has 5 rings (SSSR count). The van der Waals surface area contributed by atoms with Gasteiger partial charge in [-0.1, -0.05) is 34.2 Å². The third-order valence-electron chi connectivity index (χ3n) is 4.97. The summed E-state index contributed by atoms with van der Waals surface area (Å²) in [6.07, 6.45) is 1.73. The van der Waals surface area contributed by atoms with Crippen molar-refractivity contribution in [1.82, 2.24) is 29.5 Å². The Morgan fingerprint density at radius 1 is 1.00 bits per heavy atom. The Labute approximate surface area is 186 Å². The molecule has 7 nitrogen and oxygen atoms in total. The first-order valence-electron chi connectivity index (χ1n) is 9.13. The first-order valence-corrected chi connectivity index (χ1v) is 10.8. The maximum Gasteiger partial charge on any atom is 0.152 e. The van der Waals surface area contributed by atoms with E-state index >= 15 is 0 Å². The molecule has 0 saturated heterocycles. The van der Waals surface area contributed by atoms with Gasteiger partial charge in [0.1, 0.15) is 18.0 Å². The lowest BCUT2D eigenvalue weighted by molar-refractivity contribution is 0.842. The maximum atomic E-state index is 6.13. The van der Waals surface area contributed by atoms with Gasteiger partial charge >= 0.3 is 0 Å². The predicted octanol–water partition coefficient (Wildman–Crippen LogP) is 4.75. The minimum Gasteiger partial charge on any atom is -0.338 e. The van der Waals surface area contributed by atoms with Crippen LogP contribution in [-0.4, -0.2) is 36.1 Å². The van der Waals surface area contributed by atoms with Crippen molar-refractivity contribution in [1.29, 1.82) is 0 Å². The highest BCUT2D eigenvalue weighted by Crippen LogP contribution is 2.41. The minimum absolute atomic E-state index is 0.161. The van der Waals surface area contributed by atoms with E-state index in [1.54, 1.807) is 11.0 Å². The molecule has 0 radical (unpaired) electrons. The number of anilines is 2. The Bertz CT molecular complexity index is 1200. The second-order valence-electron chi connectivity index (χ2n) is 6.90. The molecule has 0 unspecified atom stereocenters. The van der Waals surface area contributed by atoms with Crippen LogP contribution in [0.3, 0.4) is 0 Å². The number of fused-ring (bicyclic) bond motifs is 3. The van der Waals surface area contributed by atoms with Gasteiger partial charge in [-0.15, -0.1) is 10.2 Å². The zero-order valence-corrected chi connectivity index (χ0v) is 18.7. The first kappa shape index (κ1) is 18.6. The highest BCUT2D eigenvalue weighted by atomic mass is 127. The summed E-state index contributed by atoms with van der Waals surface area (Å²) in [5, 5.41) is 14.0. The van der Waals surface area contributed by atoms with Crippen LogP contribution in [0.1, 0.15) is 21.4 Å². The lowest BCUT2D eigenvalue weighted by atomic mass is 10.2. The molecule has 0 aliphatic carbocycles. The molecular formula is C20H17ClIN7. The lowest BCUT2D eigenvalue weighted by Gasteiger charge is -2.26. The molecule has 29 heavy (non-hydrogen) atoms. The van der Waals surface area contributed by atoms with E-state index in [9.17, 15) is 0 Å². The van der Waals surface area contributed by atoms with Gasteiger partial charge in [0.2, 0.25) is 0 Å². The van der Waals surface area contributed by atoms with Crippen molar-refractivity contribution >= 4 is 45.6 Å². The number of aromatic nitrogens is 6. The van der Waals surface area contributed by atoms with Crippen LogP contribution in [-0.2, 0) is 0 Å². The van der Waals surface area contributed by atoms with Crippen molar-refractivity contribution in [3.63, 3.8) is 0 Å². The van der Waals surface area contributed by atoms with Gasteiger partial charge in [-0.3, -0.25) is 4.57 Å². The Hall–Kier alpha value is -2.46. The minimum atomic E-state index is 0.161. The van der Waals surface area contributed by atoms with E-state index in [1.807, 2.05) is 44.2 Å². The number of rotatable bonds is 2. The van der Waals surface area contributed by atoms with Gasteiger partial charge in [-0.25, -0.2) is 9.67 Å². The van der Waals surface area contributed by atoms with Gasteiger partial charge in [0, 0.05) is 17.3 Å². The molecule has 0 fully saturated rings. The van der Waals surface area contributed by atoms with E-state index in [-0.39, 0.29) is 3.92 Å². The summed E-state index contributed by atoms with van der Waals surface area (Å²) in [6.45, 7) is 4.62. The predicted molar refractivity (Wildman–Crippen MR) is 121 cm³/mol. The molecule has 1 aliphatic rings. The molecular weight excluding hydrogens is 501 g/mol. The van der Waals surface area contributed by atoms with Crippen LogP contribution in [0, 0.1) is 13.8 Å². The molecule has 1 atom stereocenters. The number of nitrogens with zero attached hydrogens (tertiary/aromatic N) is 7. The molecule has 0 amide bonds. The van der Waals surface area contributed by atoms with Crippen LogP contribution < -0.4 is 4.90 Å². The summed E-state index contributed by atoms with van der Waals surface area (Å²) in [5.41, 5.74) is 4.11. The lowest BCUT2D eigenvalue weighted by Crippen LogP contribution is -2.21. The normalized spacial score (nSPS) is 15.7. The third kappa shape index (κ3) is 3.20. The number of alkyl halides is 1. The van der Waals surface area contributed by atoms with Gasteiger partial charge in [0.05, 0.1) is 21.0 Å². The van der Waals surface area contributed by atoms with Crippen molar-refractivity contribution < 1.29 is 0 Å². The average Bonchev–Trinajstić information content (AvgIpc) is 3.29. The second-order valence-corrected chi connectivity index (χ2v) is 8.84. The van der Waals surface area contributed by atoms with Crippen LogP contribution in [0.5, 0.6) is 0 Å². The topological polar surface area (TPSA) is 64.7 Å². The standard InChI is InChI=1S/C20H17ClIN7/c1-12-23-11-28(26-12)16-7-8-18-19(9-16)27(15-5-3-14(21)4-6-15)10-17(22)20-25-24-13(2)29(18)20/h3-9,11,17H,10H2,1-2H3/t17-/m1/s1. The summed E-state index contributed by atoms with van der Waals surface area (Å²) >= 11 is 8.57. The van der Waals surface area contributed by atoms with Gasteiger partial charge in [0.25, 0.3) is 0 Å². The fraction of sp³-hybridized carbons (Fsp3) is 0.200. The molecule has 0 spiro atoms. The van der Waals surface area contributed by atoms with Crippen LogP contribution in [0.2, 0.25) is 5.02 Å². The van der Waals surface area contributed by atoms with Crippen molar-refractivity contribution in [2.45, 2.75) is 17.8 Å². The van der Waals surface area contributed by atoms with Crippen LogP contribution >= 0.6 is 34.2 Å². The van der Waals surface area contributed by atoms with E-state index < -0.39 is 0 Å². The van der Waals surface area contributed by atoms with Crippen molar-refractivity contribution in [3.05, 3.63) is 71.3 Å². The molecule has 0 saturated carbocycles. The highest BCUT2D eigenvalue weighted by molar-refractivity contribution is 14.1. The van der Waals surface area contributed by atoms with E-state index in [4.69, 9.17) is 11.6 Å². The smallest absolute Gasteiger partial charge is 0.152 e. The molecule has 2 aromatic carbocycles. The van der Waals surface area contributed by atoms with E-state index in [0.717, 1.165) is 51.8 Å². The average molecular weight is 518 g/mol. The summed E-state index contributed by atoms with van der Waals surface area (Å²) in [5.74, 6) is 2.55. The number of hydrogen-bond acceptors (Lipinski definition) is 5. The molecule has 0 N–H and O–H groups in total. The second kappa shape index (κ2) is 7.10. The molecule has 9 heteroatoms. The molecule has 3 heterocycles. The molecule has 4 aromatic rings. The van der Waals surface area contributed by atoms with Crippen LogP contribution in [0.15, 0.2) is 48.8 Å². The van der Waals surface area contributed by atoms with E-state index in [0.29, 0.717) is 0 Å². The van der Waals surface area contributed by atoms with Crippen molar-refractivity contribution in [2.24, 2.45) is 0 Å². The molecule has 0 bridgehead atoms. The number of halogens is 2. The molecule has 146 valence electrons. The Kier molecular flexibility index (Phi) is 4.54. The summed E-state index contributed by atoms with van der Waals surface area (Å²) < 4.78 is 4.09. The summed E-state index contributed by atoms with van der Waals surface area (Å²) in [6, 6.07) is 14.2. The molecule has 1 aliphatic heterocycles. The van der Waals surface area contributed by atoms with Crippen LogP contribution in [0.4, 0.5) is 11.4 Å². The number of benzene rings is 2. The van der Waals surface area contributed by atoms with Crippen molar-refractivity contribution in [2.75, 3.05) is 11.4 Å². The SMILES string of the molecule is Cc1ncn(-c2ccc3c(c2)N(c2ccc(Cl)cc2)C[C@@H](I)c2nnc(C)n2-3)n1. The quantitative estimate of drug-likeness (QED) is 0.284. The fourth-order valence-electron chi connectivity index (χ4n) is 3.61. The van der Waals surface area contributed by atoms with Crippen LogP contribution in [0.25, 0.3) is 11.4 Å². The summed E-state index contributed by atoms with van der Waals surface area (Å²) in [4.78, 5) is 6.56. The van der Waals surface area contributed by atoms with E-state index in [1.165, 1.54) is 0 Å². The van der Waals surface area contributed by atoms with Gasteiger partial charge in [-0.2, -0.15) is 5.10 Å². The number of aryl methyl sites for hydroxylation is 2. The third-order valence-corrected chi connectivity index (χ3v) is 6.18. The Morgan fingerprint density at radius 2 is 1.76 bits per heavy atom. The van der Waals surface area contributed by atoms with Gasteiger partial charge < -0.3 is 4.90 Å². The van der Waals surface area contributed by atoms with Crippen molar-refractivity contribution in [3.8, 4) is 11.4 Å². The maximum absolute atomic E-state index is 6.13. The Balaban J connectivity index is 1.74. The zero-order chi connectivity index (χ0) is 20.1. The molecule has 2 aromatic heterocycles. The van der Waals surface area contributed by atoms with Gasteiger partial charge in [-0.05, 0) is 56.3 Å². The first-order chi connectivity index (χ1) is 14.0. The largest absolute Gasteiger partial charge is 0.338 e. The highest BCUT2D eigenvalue weighted by Gasteiger charge is 2.29. The fourth-order valence-corrected chi connectivity index (χ4v) is 4.54. The zero-order valence-electron chi connectivity index (χ0n) is 15.8. The number of hydrogen-bond donors (Lipinski definition) is 0. The van der Waals surface area contributed by atoms with E-state index in [2.05, 4.69) is 64.5 Å². The Morgan fingerprint density at radius 3 is 2.48 bits per heavy atom. The van der Waals surface area contributed by atoms with Gasteiger partial charge in [0.15, 0.2) is 5.82 Å². The summed E-state index contributed by atoms with van der Waals surface area (Å²) in [7, 11) is 0. The monoisotopic (exact) mass is 517 g/mol.